The number of carbonyl (C=O) groups excluding carboxylic acids is 2. The third kappa shape index (κ3) is 2.78. The number of carbonyl (C=O) groups is 2. The lowest BCUT2D eigenvalue weighted by Crippen LogP contribution is -2.01. The second kappa shape index (κ2) is 5.34. The summed E-state index contributed by atoms with van der Waals surface area (Å²) in [4.78, 5) is 23.0. The van der Waals surface area contributed by atoms with Gasteiger partial charge in [-0.05, 0) is 48.0 Å². The zero-order chi connectivity index (χ0) is 13.1. The molecule has 0 bridgehead atoms. The molecule has 2 rings (SSSR count). The van der Waals surface area contributed by atoms with Crippen LogP contribution in [0.5, 0.6) is 0 Å². The Morgan fingerprint density at radius 1 is 0.722 bits per heavy atom. The normalized spacial score (nSPS) is 10.1. The maximum Gasteiger partial charge on any atom is 0.252 e. The van der Waals surface area contributed by atoms with Crippen molar-refractivity contribution in [2.75, 3.05) is 0 Å². The van der Waals surface area contributed by atoms with E-state index >= 15 is 0 Å². The molecule has 0 heterocycles. The first-order valence-electron chi connectivity index (χ1n) is 5.18. The van der Waals surface area contributed by atoms with E-state index in [0.29, 0.717) is 21.7 Å². The minimum atomic E-state index is -0.541. The van der Waals surface area contributed by atoms with Crippen LogP contribution < -0.4 is 0 Å². The molecule has 2 nitrogen and oxygen atoms in total. The molecule has 0 amide bonds. The summed E-state index contributed by atoms with van der Waals surface area (Å²) in [5, 5.41) is 0.0372. The number of rotatable bonds is 3. The second-order valence-electron chi connectivity index (χ2n) is 3.69. The fourth-order valence-electron chi connectivity index (χ4n) is 1.52. The van der Waals surface area contributed by atoms with Crippen LogP contribution in [-0.2, 0) is 0 Å². The molecule has 4 heteroatoms. The lowest BCUT2D eigenvalue weighted by atomic mass is 10.0. The van der Waals surface area contributed by atoms with E-state index in [9.17, 15) is 9.59 Å². The quantitative estimate of drug-likeness (QED) is 0.629. The Hall–Kier alpha value is -1.64. The van der Waals surface area contributed by atoms with E-state index in [0.717, 1.165) is 0 Å². The molecule has 2 aromatic rings. The van der Waals surface area contributed by atoms with Gasteiger partial charge in [-0.1, -0.05) is 23.7 Å². The minimum absolute atomic E-state index is 0.125. The first-order chi connectivity index (χ1) is 8.58. The summed E-state index contributed by atoms with van der Waals surface area (Å²) in [6.45, 7) is 0. The van der Waals surface area contributed by atoms with Crippen LogP contribution in [0.4, 0.5) is 0 Å². The molecule has 0 aliphatic heterocycles. The van der Waals surface area contributed by atoms with E-state index in [1.807, 2.05) is 0 Å². The van der Waals surface area contributed by atoms with Crippen molar-refractivity contribution in [2.45, 2.75) is 0 Å². The highest BCUT2D eigenvalue weighted by Gasteiger charge is 2.09. The Balaban J connectivity index is 2.28. The molecule has 0 atom stereocenters. The van der Waals surface area contributed by atoms with Gasteiger partial charge in [-0.2, -0.15) is 0 Å². The molecule has 2 aromatic carbocycles. The number of ketones is 1. The fourth-order valence-corrected chi connectivity index (χ4v) is 1.77. The first kappa shape index (κ1) is 12.8. The molecule has 0 fully saturated rings. The van der Waals surface area contributed by atoms with Crippen LogP contribution in [0.25, 0.3) is 0 Å². The van der Waals surface area contributed by atoms with Gasteiger partial charge < -0.3 is 0 Å². The summed E-state index contributed by atoms with van der Waals surface area (Å²) in [6, 6.07) is 12.8. The maximum absolute atomic E-state index is 12.1. The Bertz CT molecular complexity index is 586. The highest BCUT2D eigenvalue weighted by atomic mass is 35.5. The summed E-state index contributed by atoms with van der Waals surface area (Å²) in [5.41, 5.74) is 1.41. The highest BCUT2D eigenvalue weighted by molar-refractivity contribution is 6.67. The predicted octanol–water partition coefficient (Wildman–Crippen LogP) is 3.95. The Labute approximate surface area is 114 Å². The summed E-state index contributed by atoms with van der Waals surface area (Å²) in [5.74, 6) is -0.125. The molecule has 0 unspecified atom stereocenters. The zero-order valence-corrected chi connectivity index (χ0v) is 10.7. The number of halogens is 2. The summed E-state index contributed by atoms with van der Waals surface area (Å²) < 4.78 is 0. The van der Waals surface area contributed by atoms with Crippen molar-refractivity contribution in [2.24, 2.45) is 0 Å². The van der Waals surface area contributed by atoms with E-state index in [-0.39, 0.29) is 5.78 Å². The van der Waals surface area contributed by atoms with Gasteiger partial charge in [0.05, 0.1) is 0 Å². The smallest absolute Gasteiger partial charge is 0.252 e. The molecular formula is C14H8Cl2O2. The maximum atomic E-state index is 12.1. The molecule has 0 aliphatic rings. The van der Waals surface area contributed by atoms with E-state index < -0.39 is 5.24 Å². The van der Waals surface area contributed by atoms with E-state index in [1.54, 1.807) is 36.4 Å². The molecule has 0 spiro atoms. The predicted molar refractivity (Wildman–Crippen MR) is 71.5 cm³/mol. The van der Waals surface area contributed by atoms with Crippen molar-refractivity contribution in [1.29, 1.82) is 0 Å². The fraction of sp³-hybridized carbons (Fsp3) is 0. The van der Waals surface area contributed by atoms with Crippen molar-refractivity contribution >= 4 is 34.2 Å². The molecule has 0 saturated heterocycles. The average Bonchev–Trinajstić information content (AvgIpc) is 2.39. The van der Waals surface area contributed by atoms with Gasteiger partial charge in [-0.3, -0.25) is 9.59 Å². The van der Waals surface area contributed by atoms with Crippen molar-refractivity contribution < 1.29 is 9.59 Å². The van der Waals surface area contributed by atoms with E-state index in [4.69, 9.17) is 23.2 Å². The van der Waals surface area contributed by atoms with Crippen LogP contribution in [0.3, 0.4) is 0 Å². The zero-order valence-electron chi connectivity index (χ0n) is 9.19. The van der Waals surface area contributed by atoms with E-state index in [1.165, 1.54) is 12.1 Å². The molecule has 0 radical (unpaired) electrons. The molecule has 0 aliphatic carbocycles. The van der Waals surface area contributed by atoms with Crippen molar-refractivity contribution in [3.05, 3.63) is 70.2 Å². The number of hydrogen-bond donors (Lipinski definition) is 0. The standard InChI is InChI=1S/C14H8Cl2O2/c15-12-7-5-10(6-8-12)13(17)9-1-3-11(4-2-9)14(16)18/h1-8H. The summed E-state index contributed by atoms with van der Waals surface area (Å²) in [7, 11) is 0. The van der Waals surface area contributed by atoms with E-state index in [2.05, 4.69) is 0 Å². The van der Waals surface area contributed by atoms with Gasteiger partial charge >= 0.3 is 0 Å². The summed E-state index contributed by atoms with van der Waals surface area (Å²) >= 11 is 11.1. The lowest BCUT2D eigenvalue weighted by molar-refractivity contribution is 0.103. The van der Waals surface area contributed by atoms with Crippen LogP contribution in [0.2, 0.25) is 5.02 Å². The van der Waals surface area contributed by atoms with Gasteiger partial charge in [-0.15, -0.1) is 0 Å². The monoisotopic (exact) mass is 278 g/mol. The Morgan fingerprint density at radius 2 is 1.11 bits per heavy atom. The molecule has 0 N–H and O–H groups in total. The van der Waals surface area contributed by atoms with Gasteiger partial charge in [0.15, 0.2) is 5.78 Å². The molecule has 18 heavy (non-hydrogen) atoms. The Kier molecular flexibility index (Phi) is 3.80. The van der Waals surface area contributed by atoms with Gasteiger partial charge in [-0.25, -0.2) is 0 Å². The van der Waals surface area contributed by atoms with Crippen LogP contribution in [-0.4, -0.2) is 11.0 Å². The molecule has 90 valence electrons. The second-order valence-corrected chi connectivity index (χ2v) is 4.47. The number of benzene rings is 2. The van der Waals surface area contributed by atoms with Gasteiger partial charge in [0.1, 0.15) is 0 Å². The lowest BCUT2D eigenvalue weighted by Gasteiger charge is -2.02. The van der Waals surface area contributed by atoms with Gasteiger partial charge in [0.25, 0.3) is 5.24 Å². The molecule has 0 aromatic heterocycles. The third-order valence-electron chi connectivity index (χ3n) is 2.48. The van der Waals surface area contributed by atoms with Crippen LogP contribution in [0.15, 0.2) is 48.5 Å². The average molecular weight is 279 g/mol. The largest absolute Gasteiger partial charge is 0.289 e. The van der Waals surface area contributed by atoms with Crippen LogP contribution >= 0.6 is 23.2 Å². The minimum Gasteiger partial charge on any atom is -0.289 e. The molecule has 0 saturated carbocycles. The number of hydrogen-bond acceptors (Lipinski definition) is 2. The van der Waals surface area contributed by atoms with Crippen molar-refractivity contribution in [3.63, 3.8) is 0 Å². The Morgan fingerprint density at radius 3 is 1.56 bits per heavy atom. The first-order valence-corrected chi connectivity index (χ1v) is 5.93. The van der Waals surface area contributed by atoms with Crippen LogP contribution in [0.1, 0.15) is 26.3 Å². The highest BCUT2D eigenvalue weighted by Crippen LogP contribution is 2.15. The van der Waals surface area contributed by atoms with Crippen LogP contribution in [0, 0.1) is 0 Å². The van der Waals surface area contributed by atoms with Crippen molar-refractivity contribution in [1.82, 2.24) is 0 Å². The van der Waals surface area contributed by atoms with Crippen molar-refractivity contribution in [3.8, 4) is 0 Å². The van der Waals surface area contributed by atoms with Gasteiger partial charge in [0.2, 0.25) is 0 Å². The summed E-state index contributed by atoms with van der Waals surface area (Å²) in [6.07, 6.45) is 0. The topological polar surface area (TPSA) is 34.1 Å². The molecular weight excluding hydrogens is 271 g/mol. The third-order valence-corrected chi connectivity index (χ3v) is 2.95. The van der Waals surface area contributed by atoms with Gasteiger partial charge in [0, 0.05) is 21.7 Å². The SMILES string of the molecule is O=C(Cl)c1ccc(C(=O)c2ccc(Cl)cc2)cc1.